The molecule has 1 aromatic heterocycles. The normalized spacial score (nSPS) is 11.1. The van der Waals surface area contributed by atoms with E-state index in [9.17, 15) is 4.79 Å². The highest BCUT2D eigenvalue weighted by atomic mass is 16.6. The first kappa shape index (κ1) is 13.2. The third kappa shape index (κ3) is 4.67. The number of nitrogen functional groups attached to an aromatic ring is 1. The van der Waals surface area contributed by atoms with Gasteiger partial charge in [-0.2, -0.15) is 0 Å². The molecule has 94 valence electrons. The van der Waals surface area contributed by atoms with E-state index in [1.165, 1.54) is 4.90 Å². The highest BCUT2D eigenvalue weighted by Crippen LogP contribution is 2.10. The van der Waals surface area contributed by atoms with Crippen molar-refractivity contribution in [3.05, 3.63) is 18.0 Å². The Morgan fingerprint density at radius 1 is 1.53 bits per heavy atom. The Labute approximate surface area is 101 Å². The van der Waals surface area contributed by atoms with Crippen LogP contribution in [0, 0.1) is 0 Å². The van der Waals surface area contributed by atoms with Crippen LogP contribution in [0.3, 0.4) is 0 Å². The zero-order valence-corrected chi connectivity index (χ0v) is 10.6. The number of hydrogen-bond acceptors (Lipinski definition) is 5. The molecule has 0 aliphatic rings. The number of amides is 1. The SMILES string of the molecule is CN(Cc1ccnc(N)n1)C(=O)OC(C)(C)C. The van der Waals surface area contributed by atoms with E-state index in [-0.39, 0.29) is 5.95 Å². The van der Waals surface area contributed by atoms with Crippen molar-refractivity contribution in [1.29, 1.82) is 0 Å². The van der Waals surface area contributed by atoms with Crippen LogP contribution in [0.2, 0.25) is 0 Å². The summed E-state index contributed by atoms with van der Waals surface area (Å²) in [6.07, 6.45) is 1.16. The molecule has 0 aromatic carbocycles. The highest BCUT2D eigenvalue weighted by molar-refractivity contribution is 5.67. The molecule has 0 saturated heterocycles. The molecule has 6 nitrogen and oxygen atoms in total. The van der Waals surface area contributed by atoms with Crippen molar-refractivity contribution in [2.24, 2.45) is 0 Å². The Bertz CT molecular complexity index is 401. The van der Waals surface area contributed by atoms with Crippen molar-refractivity contribution in [3.63, 3.8) is 0 Å². The average Bonchev–Trinajstić information content (AvgIpc) is 2.14. The molecule has 1 amide bonds. The van der Waals surface area contributed by atoms with Gasteiger partial charge in [-0.25, -0.2) is 14.8 Å². The third-order valence-corrected chi connectivity index (χ3v) is 1.84. The van der Waals surface area contributed by atoms with Crippen LogP contribution >= 0.6 is 0 Å². The molecule has 0 unspecified atom stereocenters. The monoisotopic (exact) mass is 238 g/mol. The lowest BCUT2D eigenvalue weighted by Crippen LogP contribution is -2.34. The first-order valence-corrected chi connectivity index (χ1v) is 5.29. The summed E-state index contributed by atoms with van der Waals surface area (Å²) in [6, 6.07) is 1.71. The molecule has 1 aromatic rings. The third-order valence-electron chi connectivity index (χ3n) is 1.84. The number of nitrogens with zero attached hydrogens (tertiary/aromatic N) is 3. The fourth-order valence-electron chi connectivity index (χ4n) is 1.15. The summed E-state index contributed by atoms with van der Waals surface area (Å²) in [7, 11) is 1.65. The van der Waals surface area contributed by atoms with Crippen molar-refractivity contribution >= 4 is 12.0 Å². The van der Waals surface area contributed by atoms with E-state index in [1.807, 2.05) is 20.8 Å². The van der Waals surface area contributed by atoms with Crippen molar-refractivity contribution < 1.29 is 9.53 Å². The van der Waals surface area contributed by atoms with Crippen molar-refractivity contribution in [1.82, 2.24) is 14.9 Å². The van der Waals surface area contributed by atoms with Crippen LogP contribution < -0.4 is 5.73 Å². The molecule has 1 rings (SSSR count). The van der Waals surface area contributed by atoms with Crippen LogP contribution in [-0.2, 0) is 11.3 Å². The highest BCUT2D eigenvalue weighted by Gasteiger charge is 2.19. The fourth-order valence-corrected chi connectivity index (χ4v) is 1.15. The second-order valence-corrected chi connectivity index (χ2v) is 4.74. The molecule has 0 aliphatic heterocycles. The van der Waals surface area contributed by atoms with Crippen molar-refractivity contribution in [3.8, 4) is 0 Å². The van der Waals surface area contributed by atoms with Crippen LogP contribution in [0.5, 0.6) is 0 Å². The van der Waals surface area contributed by atoms with Gasteiger partial charge in [-0.05, 0) is 26.8 Å². The maximum atomic E-state index is 11.7. The molecular formula is C11H18N4O2. The van der Waals surface area contributed by atoms with E-state index >= 15 is 0 Å². The topological polar surface area (TPSA) is 81.3 Å². The minimum Gasteiger partial charge on any atom is -0.444 e. The van der Waals surface area contributed by atoms with Gasteiger partial charge in [0.2, 0.25) is 5.95 Å². The Morgan fingerprint density at radius 3 is 2.71 bits per heavy atom. The van der Waals surface area contributed by atoms with E-state index in [2.05, 4.69) is 9.97 Å². The largest absolute Gasteiger partial charge is 0.444 e. The molecule has 0 aliphatic carbocycles. The molecule has 2 N–H and O–H groups in total. The summed E-state index contributed by atoms with van der Waals surface area (Å²) in [5.41, 5.74) is 5.62. The molecule has 0 radical (unpaired) electrons. The van der Waals surface area contributed by atoms with Crippen LogP contribution in [0.15, 0.2) is 12.3 Å². The maximum Gasteiger partial charge on any atom is 0.410 e. The second-order valence-electron chi connectivity index (χ2n) is 4.74. The van der Waals surface area contributed by atoms with Crippen LogP contribution in [0.1, 0.15) is 26.5 Å². The Hall–Kier alpha value is -1.85. The zero-order chi connectivity index (χ0) is 13.1. The van der Waals surface area contributed by atoms with E-state index in [4.69, 9.17) is 10.5 Å². The number of hydrogen-bond donors (Lipinski definition) is 1. The Morgan fingerprint density at radius 2 is 2.18 bits per heavy atom. The number of aromatic nitrogens is 2. The number of carbonyl (C=O) groups excluding carboxylic acids is 1. The predicted octanol–water partition coefficient (Wildman–Crippen LogP) is 1.43. The van der Waals surface area contributed by atoms with Crippen LogP contribution in [0.4, 0.5) is 10.7 Å². The molecular weight excluding hydrogens is 220 g/mol. The summed E-state index contributed by atoms with van der Waals surface area (Å²) in [6.45, 7) is 5.80. The van der Waals surface area contributed by atoms with Gasteiger partial charge in [-0.15, -0.1) is 0 Å². The van der Waals surface area contributed by atoms with E-state index in [0.29, 0.717) is 12.2 Å². The summed E-state index contributed by atoms with van der Waals surface area (Å²) in [5, 5.41) is 0. The van der Waals surface area contributed by atoms with E-state index in [0.717, 1.165) is 0 Å². The Balaban J connectivity index is 2.60. The van der Waals surface area contributed by atoms with Gasteiger partial charge in [0, 0.05) is 13.2 Å². The van der Waals surface area contributed by atoms with Gasteiger partial charge in [-0.1, -0.05) is 0 Å². The number of rotatable bonds is 2. The van der Waals surface area contributed by atoms with Gasteiger partial charge in [0.1, 0.15) is 5.60 Å². The summed E-state index contributed by atoms with van der Waals surface area (Å²) < 4.78 is 5.21. The van der Waals surface area contributed by atoms with Crippen LogP contribution in [0.25, 0.3) is 0 Å². The summed E-state index contributed by atoms with van der Waals surface area (Å²) >= 11 is 0. The van der Waals surface area contributed by atoms with Gasteiger partial charge in [0.15, 0.2) is 0 Å². The lowest BCUT2D eigenvalue weighted by atomic mass is 10.2. The molecule has 6 heteroatoms. The minimum atomic E-state index is -0.504. The first-order valence-electron chi connectivity index (χ1n) is 5.29. The first-order chi connectivity index (χ1) is 7.78. The fraction of sp³-hybridized carbons (Fsp3) is 0.545. The average molecular weight is 238 g/mol. The predicted molar refractivity (Wildman–Crippen MR) is 64.1 cm³/mol. The zero-order valence-electron chi connectivity index (χ0n) is 10.6. The molecule has 1 heterocycles. The van der Waals surface area contributed by atoms with E-state index < -0.39 is 11.7 Å². The molecule has 0 fully saturated rings. The van der Waals surface area contributed by atoms with Crippen molar-refractivity contribution in [2.75, 3.05) is 12.8 Å². The number of anilines is 1. The number of ether oxygens (including phenoxy) is 1. The molecule has 0 bridgehead atoms. The molecule has 0 spiro atoms. The molecule has 17 heavy (non-hydrogen) atoms. The standard InChI is InChI=1S/C11H18N4O2/c1-11(2,3)17-10(16)15(4)7-8-5-6-13-9(12)14-8/h5-6H,7H2,1-4H3,(H2,12,13,14). The van der Waals surface area contributed by atoms with Gasteiger partial charge < -0.3 is 15.4 Å². The summed E-state index contributed by atoms with van der Waals surface area (Å²) in [4.78, 5) is 20.9. The van der Waals surface area contributed by atoms with Crippen LogP contribution in [-0.4, -0.2) is 33.6 Å². The number of nitrogens with two attached hydrogens (primary N) is 1. The Kier molecular flexibility index (Phi) is 3.88. The molecule has 0 atom stereocenters. The lowest BCUT2D eigenvalue weighted by Gasteiger charge is -2.24. The van der Waals surface area contributed by atoms with E-state index in [1.54, 1.807) is 19.3 Å². The van der Waals surface area contributed by atoms with Gasteiger partial charge in [-0.3, -0.25) is 0 Å². The minimum absolute atomic E-state index is 0.195. The summed E-state index contributed by atoms with van der Waals surface area (Å²) in [5.74, 6) is 0.195. The maximum absolute atomic E-state index is 11.7. The van der Waals surface area contributed by atoms with Crippen molar-refractivity contribution in [2.45, 2.75) is 32.9 Å². The smallest absolute Gasteiger partial charge is 0.410 e. The van der Waals surface area contributed by atoms with Gasteiger partial charge in [0.05, 0.1) is 12.2 Å². The lowest BCUT2D eigenvalue weighted by molar-refractivity contribution is 0.0283. The molecule has 0 saturated carbocycles. The second kappa shape index (κ2) is 4.99. The quantitative estimate of drug-likeness (QED) is 0.842. The number of carbonyl (C=O) groups is 1. The van der Waals surface area contributed by atoms with Gasteiger partial charge >= 0.3 is 6.09 Å². The van der Waals surface area contributed by atoms with Gasteiger partial charge in [0.25, 0.3) is 0 Å².